The van der Waals surface area contributed by atoms with Gasteiger partial charge in [0.15, 0.2) is 0 Å². The van der Waals surface area contributed by atoms with Crippen LogP contribution in [0.25, 0.3) is 0 Å². The Morgan fingerprint density at radius 1 is 1.19 bits per heavy atom. The number of rotatable bonds is 2. The summed E-state index contributed by atoms with van der Waals surface area (Å²) >= 11 is 0. The molecule has 2 N–H and O–H groups in total. The van der Waals surface area contributed by atoms with E-state index in [2.05, 4.69) is 17.6 Å². The maximum atomic E-state index is 11.7. The molecule has 4 heteroatoms. The summed E-state index contributed by atoms with van der Waals surface area (Å²) in [6, 6.07) is 7.26. The third-order valence-corrected chi connectivity index (χ3v) is 2.98. The minimum Gasteiger partial charge on any atom is -0.320 e. The molecule has 84 valence electrons. The highest BCUT2D eigenvalue weighted by Gasteiger charge is 2.43. The van der Waals surface area contributed by atoms with Gasteiger partial charge in [0.25, 0.3) is 5.91 Å². The summed E-state index contributed by atoms with van der Waals surface area (Å²) < 4.78 is 0. The first-order valence-electron chi connectivity index (χ1n) is 5.29. The van der Waals surface area contributed by atoms with Crippen LogP contribution in [0.1, 0.15) is 25.0 Å². The summed E-state index contributed by atoms with van der Waals surface area (Å²) in [4.78, 5) is 22.8. The topological polar surface area (TPSA) is 58.2 Å². The number of urea groups is 1. The lowest BCUT2D eigenvalue weighted by molar-refractivity contribution is -0.123. The molecule has 1 fully saturated rings. The highest BCUT2D eigenvalue weighted by atomic mass is 16.2. The molecule has 0 saturated carbocycles. The number of hydrogen-bond acceptors (Lipinski definition) is 2. The van der Waals surface area contributed by atoms with Crippen LogP contribution in [0.15, 0.2) is 24.3 Å². The molecule has 16 heavy (non-hydrogen) atoms. The summed E-state index contributed by atoms with van der Waals surface area (Å²) in [7, 11) is 0. The normalized spacial score (nSPS) is 24.1. The van der Waals surface area contributed by atoms with E-state index in [1.165, 1.54) is 5.56 Å². The van der Waals surface area contributed by atoms with Crippen molar-refractivity contribution in [2.24, 2.45) is 0 Å². The van der Waals surface area contributed by atoms with E-state index in [1.807, 2.05) is 24.3 Å². The molecule has 0 radical (unpaired) electrons. The molecular formula is C12H14N2O2. The van der Waals surface area contributed by atoms with Crippen LogP contribution in [0.3, 0.4) is 0 Å². The van der Waals surface area contributed by atoms with Crippen LogP contribution < -0.4 is 10.6 Å². The van der Waals surface area contributed by atoms with Crippen LogP contribution in [0.5, 0.6) is 0 Å². The van der Waals surface area contributed by atoms with E-state index in [9.17, 15) is 9.59 Å². The summed E-state index contributed by atoms with van der Waals surface area (Å²) in [5.41, 5.74) is 1.06. The highest BCUT2D eigenvalue weighted by molar-refractivity contribution is 6.07. The highest BCUT2D eigenvalue weighted by Crippen LogP contribution is 2.24. The van der Waals surface area contributed by atoms with Gasteiger partial charge in [-0.05, 0) is 24.5 Å². The smallest absolute Gasteiger partial charge is 0.320 e. The SMILES string of the molecule is CCc1ccc([C@]2(C)NC(=O)NC2=O)cc1. The van der Waals surface area contributed by atoms with Gasteiger partial charge < -0.3 is 5.32 Å². The Kier molecular flexibility index (Phi) is 2.42. The maximum Gasteiger partial charge on any atom is 0.322 e. The van der Waals surface area contributed by atoms with Crippen molar-refractivity contribution in [2.45, 2.75) is 25.8 Å². The number of carbonyl (C=O) groups excluding carboxylic acids is 2. The fraction of sp³-hybridized carbons (Fsp3) is 0.333. The molecule has 0 unspecified atom stereocenters. The number of nitrogens with one attached hydrogen (secondary N) is 2. The second kappa shape index (κ2) is 3.63. The van der Waals surface area contributed by atoms with E-state index in [0.717, 1.165) is 12.0 Å². The van der Waals surface area contributed by atoms with Gasteiger partial charge in [-0.3, -0.25) is 10.1 Å². The van der Waals surface area contributed by atoms with Crippen molar-refractivity contribution in [3.05, 3.63) is 35.4 Å². The van der Waals surface area contributed by atoms with E-state index < -0.39 is 11.6 Å². The summed E-state index contributed by atoms with van der Waals surface area (Å²) in [5, 5.41) is 4.88. The monoisotopic (exact) mass is 218 g/mol. The predicted molar refractivity (Wildman–Crippen MR) is 59.8 cm³/mol. The number of aryl methyl sites for hydroxylation is 1. The van der Waals surface area contributed by atoms with Gasteiger partial charge >= 0.3 is 6.03 Å². The van der Waals surface area contributed by atoms with E-state index >= 15 is 0 Å². The van der Waals surface area contributed by atoms with E-state index in [4.69, 9.17) is 0 Å². The Morgan fingerprint density at radius 2 is 1.81 bits per heavy atom. The number of imide groups is 1. The number of carbonyl (C=O) groups is 2. The average molecular weight is 218 g/mol. The molecule has 1 aromatic rings. The van der Waals surface area contributed by atoms with Crippen molar-refractivity contribution >= 4 is 11.9 Å². The van der Waals surface area contributed by atoms with Gasteiger partial charge in [0.1, 0.15) is 5.54 Å². The molecule has 1 heterocycles. The van der Waals surface area contributed by atoms with Crippen LogP contribution in [0.2, 0.25) is 0 Å². The van der Waals surface area contributed by atoms with Gasteiger partial charge in [-0.15, -0.1) is 0 Å². The van der Waals surface area contributed by atoms with Crippen LogP contribution >= 0.6 is 0 Å². The Balaban J connectivity index is 2.36. The molecular weight excluding hydrogens is 204 g/mol. The van der Waals surface area contributed by atoms with Gasteiger partial charge in [0.05, 0.1) is 0 Å². The molecule has 0 aliphatic carbocycles. The fourth-order valence-electron chi connectivity index (χ4n) is 1.82. The molecule has 2 rings (SSSR count). The number of hydrogen-bond donors (Lipinski definition) is 2. The Labute approximate surface area is 94.0 Å². The van der Waals surface area contributed by atoms with Crippen LogP contribution in [-0.4, -0.2) is 11.9 Å². The van der Waals surface area contributed by atoms with Crippen molar-refractivity contribution in [3.63, 3.8) is 0 Å². The van der Waals surface area contributed by atoms with Gasteiger partial charge in [-0.1, -0.05) is 31.2 Å². The zero-order chi connectivity index (χ0) is 11.8. The average Bonchev–Trinajstić information content (AvgIpc) is 2.54. The Morgan fingerprint density at radius 3 is 2.25 bits per heavy atom. The first-order chi connectivity index (χ1) is 7.56. The largest absolute Gasteiger partial charge is 0.322 e. The standard InChI is InChI=1S/C12H14N2O2/c1-3-8-4-6-9(7-5-8)12(2)10(15)13-11(16)14-12/h4-7H,3H2,1-2H3,(H2,13,14,15,16)/t12-/m0/s1. The summed E-state index contributed by atoms with van der Waals surface area (Å²) in [6.45, 7) is 3.77. The molecule has 1 atom stereocenters. The third-order valence-electron chi connectivity index (χ3n) is 2.98. The van der Waals surface area contributed by atoms with Crippen LogP contribution in [0.4, 0.5) is 4.79 Å². The van der Waals surface area contributed by atoms with E-state index in [1.54, 1.807) is 6.92 Å². The molecule has 1 aromatic carbocycles. The molecule has 0 aromatic heterocycles. The van der Waals surface area contributed by atoms with Gasteiger partial charge in [0.2, 0.25) is 0 Å². The first kappa shape index (κ1) is 10.7. The fourth-order valence-corrected chi connectivity index (χ4v) is 1.82. The summed E-state index contributed by atoms with van der Waals surface area (Å²) in [5.74, 6) is -0.304. The van der Waals surface area contributed by atoms with E-state index in [-0.39, 0.29) is 5.91 Å². The van der Waals surface area contributed by atoms with Crippen molar-refractivity contribution in [1.82, 2.24) is 10.6 Å². The molecule has 0 spiro atoms. The molecule has 3 amide bonds. The van der Waals surface area contributed by atoms with Crippen molar-refractivity contribution in [1.29, 1.82) is 0 Å². The second-order valence-corrected chi connectivity index (χ2v) is 4.08. The lowest BCUT2D eigenvalue weighted by atomic mass is 9.91. The Hall–Kier alpha value is -1.84. The van der Waals surface area contributed by atoms with Gasteiger partial charge in [-0.2, -0.15) is 0 Å². The number of benzene rings is 1. The lowest BCUT2D eigenvalue weighted by Gasteiger charge is -2.21. The van der Waals surface area contributed by atoms with Gasteiger partial charge in [-0.25, -0.2) is 4.79 Å². The lowest BCUT2D eigenvalue weighted by Crippen LogP contribution is -2.40. The van der Waals surface area contributed by atoms with Crippen LogP contribution in [-0.2, 0) is 16.8 Å². The van der Waals surface area contributed by atoms with Gasteiger partial charge in [0, 0.05) is 0 Å². The minimum atomic E-state index is -0.941. The minimum absolute atomic E-state index is 0.304. The summed E-state index contributed by atoms with van der Waals surface area (Å²) in [6.07, 6.45) is 0.954. The number of amides is 3. The predicted octanol–water partition coefficient (Wildman–Crippen LogP) is 1.30. The van der Waals surface area contributed by atoms with Crippen LogP contribution in [0, 0.1) is 0 Å². The van der Waals surface area contributed by atoms with Crippen molar-refractivity contribution in [3.8, 4) is 0 Å². The first-order valence-corrected chi connectivity index (χ1v) is 5.29. The zero-order valence-corrected chi connectivity index (χ0v) is 9.33. The maximum absolute atomic E-state index is 11.7. The molecule has 4 nitrogen and oxygen atoms in total. The Bertz CT molecular complexity index is 439. The van der Waals surface area contributed by atoms with Crippen molar-refractivity contribution < 1.29 is 9.59 Å². The molecule has 1 aliphatic rings. The third kappa shape index (κ3) is 1.56. The molecule has 0 bridgehead atoms. The molecule has 1 aliphatic heterocycles. The van der Waals surface area contributed by atoms with E-state index in [0.29, 0.717) is 0 Å². The quantitative estimate of drug-likeness (QED) is 0.735. The molecule has 1 saturated heterocycles. The second-order valence-electron chi connectivity index (χ2n) is 4.08. The van der Waals surface area contributed by atoms with Crippen molar-refractivity contribution in [2.75, 3.05) is 0 Å². The zero-order valence-electron chi connectivity index (χ0n) is 9.33.